The summed E-state index contributed by atoms with van der Waals surface area (Å²) in [5, 5.41) is 9.75. The van der Waals surface area contributed by atoms with Crippen LogP contribution in [0.15, 0.2) is 24.3 Å². The topological polar surface area (TPSA) is 32.8 Å². The highest BCUT2D eigenvalue weighted by Gasteiger charge is 2.47. The van der Waals surface area contributed by atoms with Crippen LogP contribution in [0.2, 0.25) is 0 Å². The van der Waals surface area contributed by atoms with Gasteiger partial charge in [0.1, 0.15) is 17.5 Å². The van der Waals surface area contributed by atoms with Gasteiger partial charge in [-0.15, -0.1) is 0 Å². The van der Waals surface area contributed by atoms with E-state index in [0.29, 0.717) is 12.2 Å². The summed E-state index contributed by atoms with van der Waals surface area (Å²) in [6, 6.07) is 5.96. The second-order valence-corrected chi connectivity index (χ2v) is 3.56. The third-order valence-corrected chi connectivity index (χ3v) is 2.34. The number of hydrogen-bond donors (Lipinski definition) is 1. The van der Waals surface area contributed by atoms with Crippen molar-refractivity contribution in [1.82, 2.24) is 0 Å². The van der Waals surface area contributed by atoms with E-state index in [0.717, 1.165) is 0 Å². The molecule has 0 saturated carbocycles. The van der Waals surface area contributed by atoms with E-state index in [1.165, 1.54) is 12.1 Å². The maximum atomic E-state index is 12.8. The van der Waals surface area contributed by atoms with Crippen LogP contribution in [-0.2, 0) is 4.74 Å². The molecule has 0 bridgehead atoms. The third-order valence-electron chi connectivity index (χ3n) is 2.34. The first-order chi connectivity index (χ1) is 6.12. The van der Waals surface area contributed by atoms with Crippen molar-refractivity contribution in [3.63, 3.8) is 0 Å². The minimum atomic E-state index is -0.733. The van der Waals surface area contributed by atoms with Gasteiger partial charge in [0, 0.05) is 0 Å². The van der Waals surface area contributed by atoms with E-state index >= 15 is 0 Å². The maximum absolute atomic E-state index is 12.8. The SMILES string of the molecule is CC1(C(O)c2cccc(F)c2)CO1. The quantitative estimate of drug-likeness (QED) is 0.705. The number of rotatable bonds is 2. The highest BCUT2D eigenvalue weighted by atomic mass is 19.1. The molecule has 2 rings (SSSR count). The monoisotopic (exact) mass is 182 g/mol. The molecule has 0 radical (unpaired) electrons. The zero-order chi connectivity index (χ0) is 9.47. The molecule has 0 aromatic heterocycles. The fourth-order valence-corrected chi connectivity index (χ4v) is 1.30. The van der Waals surface area contributed by atoms with Gasteiger partial charge < -0.3 is 9.84 Å². The molecule has 1 aromatic carbocycles. The molecule has 0 amide bonds. The third kappa shape index (κ3) is 1.57. The molecule has 0 aliphatic carbocycles. The Morgan fingerprint density at radius 1 is 1.62 bits per heavy atom. The number of benzene rings is 1. The Bertz CT molecular complexity index is 320. The largest absolute Gasteiger partial charge is 0.385 e. The summed E-state index contributed by atoms with van der Waals surface area (Å²) < 4.78 is 17.9. The van der Waals surface area contributed by atoms with Gasteiger partial charge in [-0.3, -0.25) is 0 Å². The van der Waals surface area contributed by atoms with Gasteiger partial charge in [-0.1, -0.05) is 12.1 Å². The van der Waals surface area contributed by atoms with E-state index in [9.17, 15) is 9.50 Å². The summed E-state index contributed by atoms with van der Waals surface area (Å²) in [6.07, 6.45) is -0.733. The average Bonchev–Trinajstić information content (AvgIpc) is 2.84. The summed E-state index contributed by atoms with van der Waals surface area (Å²) in [5.41, 5.74) is 0.0633. The van der Waals surface area contributed by atoms with Gasteiger partial charge >= 0.3 is 0 Å². The first-order valence-corrected chi connectivity index (χ1v) is 4.19. The van der Waals surface area contributed by atoms with Gasteiger partial charge in [0.15, 0.2) is 0 Å². The molecule has 1 aromatic rings. The van der Waals surface area contributed by atoms with E-state index in [-0.39, 0.29) is 5.82 Å². The van der Waals surface area contributed by atoms with Gasteiger partial charge in [-0.25, -0.2) is 4.39 Å². The van der Waals surface area contributed by atoms with Crippen molar-refractivity contribution in [1.29, 1.82) is 0 Å². The minimum Gasteiger partial charge on any atom is -0.385 e. The van der Waals surface area contributed by atoms with Crippen molar-refractivity contribution in [2.45, 2.75) is 18.6 Å². The molecule has 1 aliphatic heterocycles. The van der Waals surface area contributed by atoms with Crippen molar-refractivity contribution >= 4 is 0 Å². The normalized spacial score (nSPS) is 28.5. The highest BCUT2D eigenvalue weighted by molar-refractivity contribution is 5.22. The first kappa shape index (κ1) is 8.66. The number of ether oxygens (including phenoxy) is 1. The van der Waals surface area contributed by atoms with Crippen LogP contribution in [0.5, 0.6) is 0 Å². The van der Waals surface area contributed by atoms with Crippen molar-refractivity contribution in [2.75, 3.05) is 6.61 Å². The zero-order valence-electron chi connectivity index (χ0n) is 7.33. The average molecular weight is 182 g/mol. The number of halogens is 1. The fourth-order valence-electron chi connectivity index (χ4n) is 1.30. The van der Waals surface area contributed by atoms with Gasteiger partial charge in [-0.05, 0) is 24.6 Å². The molecule has 2 unspecified atom stereocenters. The van der Waals surface area contributed by atoms with Crippen molar-refractivity contribution in [2.24, 2.45) is 0 Å². The van der Waals surface area contributed by atoms with Crippen LogP contribution >= 0.6 is 0 Å². The lowest BCUT2D eigenvalue weighted by Gasteiger charge is -2.14. The molecule has 1 N–H and O–H groups in total. The molecule has 2 nitrogen and oxygen atoms in total. The van der Waals surface area contributed by atoms with Crippen LogP contribution in [0, 0.1) is 5.82 Å². The van der Waals surface area contributed by atoms with Crippen LogP contribution in [0.1, 0.15) is 18.6 Å². The molecule has 2 atom stereocenters. The Hall–Kier alpha value is -0.930. The van der Waals surface area contributed by atoms with Crippen LogP contribution in [-0.4, -0.2) is 17.3 Å². The first-order valence-electron chi connectivity index (χ1n) is 4.19. The predicted octanol–water partition coefficient (Wildman–Crippen LogP) is 1.65. The number of aliphatic hydroxyl groups excluding tert-OH is 1. The lowest BCUT2D eigenvalue weighted by atomic mass is 9.98. The van der Waals surface area contributed by atoms with E-state index in [4.69, 9.17) is 4.74 Å². The summed E-state index contributed by atoms with van der Waals surface area (Å²) in [7, 11) is 0. The van der Waals surface area contributed by atoms with E-state index in [1.54, 1.807) is 12.1 Å². The fraction of sp³-hybridized carbons (Fsp3) is 0.400. The molecule has 3 heteroatoms. The lowest BCUT2D eigenvalue weighted by Crippen LogP contribution is -2.17. The molecular weight excluding hydrogens is 171 g/mol. The van der Waals surface area contributed by atoms with Crippen molar-refractivity contribution in [3.05, 3.63) is 35.6 Å². The molecule has 0 spiro atoms. The summed E-state index contributed by atoms with van der Waals surface area (Å²) in [6.45, 7) is 2.34. The van der Waals surface area contributed by atoms with E-state index in [1.807, 2.05) is 6.92 Å². The van der Waals surface area contributed by atoms with Crippen LogP contribution in [0.3, 0.4) is 0 Å². The van der Waals surface area contributed by atoms with E-state index < -0.39 is 11.7 Å². The zero-order valence-corrected chi connectivity index (χ0v) is 7.33. The Balaban J connectivity index is 2.25. The standard InChI is InChI=1S/C10H11FO2/c1-10(6-13-10)9(12)7-3-2-4-8(11)5-7/h2-5,9,12H,6H2,1H3. The summed E-state index contributed by atoms with van der Waals surface area (Å²) >= 11 is 0. The predicted molar refractivity (Wildman–Crippen MR) is 45.7 cm³/mol. The summed E-state index contributed by atoms with van der Waals surface area (Å²) in [4.78, 5) is 0. The molecule has 1 aliphatic rings. The second-order valence-electron chi connectivity index (χ2n) is 3.56. The van der Waals surface area contributed by atoms with Crippen LogP contribution in [0.4, 0.5) is 4.39 Å². The maximum Gasteiger partial charge on any atom is 0.123 e. The number of aliphatic hydroxyl groups is 1. The van der Waals surface area contributed by atoms with Crippen LogP contribution < -0.4 is 0 Å². The Morgan fingerprint density at radius 2 is 2.31 bits per heavy atom. The lowest BCUT2D eigenvalue weighted by molar-refractivity contribution is 0.0846. The molecule has 1 fully saturated rings. The van der Waals surface area contributed by atoms with E-state index in [2.05, 4.69) is 0 Å². The molecule has 1 heterocycles. The minimum absolute atomic E-state index is 0.333. The Morgan fingerprint density at radius 3 is 2.85 bits per heavy atom. The van der Waals surface area contributed by atoms with Crippen LogP contribution in [0.25, 0.3) is 0 Å². The van der Waals surface area contributed by atoms with Gasteiger partial charge in [0.05, 0.1) is 6.61 Å². The Labute approximate surface area is 76.0 Å². The van der Waals surface area contributed by atoms with Gasteiger partial charge in [-0.2, -0.15) is 0 Å². The van der Waals surface area contributed by atoms with Crippen molar-refractivity contribution in [3.8, 4) is 0 Å². The smallest absolute Gasteiger partial charge is 0.123 e. The van der Waals surface area contributed by atoms with Crippen molar-refractivity contribution < 1.29 is 14.2 Å². The molecular formula is C10H11FO2. The molecule has 70 valence electrons. The molecule has 1 saturated heterocycles. The Kier molecular flexibility index (Phi) is 1.86. The molecule has 13 heavy (non-hydrogen) atoms. The number of hydrogen-bond acceptors (Lipinski definition) is 2. The van der Waals surface area contributed by atoms with Gasteiger partial charge in [0.25, 0.3) is 0 Å². The summed E-state index contributed by atoms with van der Waals surface area (Å²) in [5.74, 6) is -0.333. The second kappa shape index (κ2) is 2.79. The number of epoxide rings is 1. The highest BCUT2D eigenvalue weighted by Crippen LogP contribution is 2.39. The van der Waals surface area contributed by atoms with Gasteiger partial charge in [0.2, 0.25) is 0 Å².